The Morgan fingerprint density at radius 2 is 1.90 bits per heavy atom. The molecule has 0 radical (unpaired) electrons. The van der Waals surface area contributed by atoms with Crippen LogP contribution >= 0.6 is 0 Å². The van der Waals surface area contributed by atoms with Crippen LogP contribution < -0.4 is 5.56 Å². The Hall–Kier alpha value is -3.33. The lowest BCUT2D eigenvalue weighted by Crippen LogP contribution is -2.36. The van der Waals surface area contributed by atoms with E-state index < -0.39 is 9.84 Å². The highest BCUT2D eigenvalue weighted by atomic mass is 32.2. The molecule has 3 aromatic rings. The van der Waals surface area contributed by atoms with Gasteiger partial charge in [-0.15, -0.1) is 0 Å². The van der Waals surface area contributed by atoms with Crippen LogP contribution in [0, 0.1) is 6.92 Å². The first-order valence-electron chi connectivity index (χ1n) is 9.84. The molecule has 0 saturated heterocycles. The summed E-state index contributed by atoms with van der Waals surface area (Å²) in [6, 6.07) is 9.82. The summed E-state index contributed by atoms with van der Waals surface area (Å²) in [5.41, 5.74) is 1.99. The van der Waals surface area contributed by atoms with Crippen molar-refractivity contribution in [1.29, 1.82) is 0 Å². The topological polar surface area (TPSA) is 102 Å². The standard InChI is InChI=1S/C22H22N4O4S/c1-15-24-22(28)19-4-3-11-23-21(19)26(15)17-9-12-25(13-10-17)20(27)14-16-5-7-18(8-6-16)31(2,29)30/h3-9,11H,10,12-14H2,1-2H3. The van der Waals surface area contributed by atoms with Gasteiger partial charge in [0.2, 0.25) is 5.91 Å². The van der Waals surface area contributed by atoms with E-state index in [1.165, 1.54) is 12.1 Å². The number of hydrogen-bond donors (Lipinski definition) is 0. The predicted molar refractivity (Wildman–Crippen MR) is 117 cm³/mol. The molecular weight excluding hydrogens is 416 g/mol. The van der Waals surface area contributed by atoms with Gasteiger partial charge >= 0.3 is 0 Å². The van der Waals surface area contributed by atoms with Crippen LogP contribution in [0.2, 0.25) is 0 Å². The van der Waals surface area contributed by atoms with E-state index in [2.05, 4.69) is 9.97 Å². The number of benzene rings is 1. The van der Waals surface area contributed by atoms with Crippen molar-refractivity contribution in [1.82, 2.24) is 19.4 Å². The van der Waals surface area contributed by atoms with Crippen molar-refractivity contribution >= 4 is 32.5 Å². The van der Waals surface area contributed by atoms with Crippen LogP contribution in [0.3, 0.4) is 0 Å². The molecule has 2 aromatic heterocycles. The summed E-state index contributed by atoms with van der Waals surface area (Å²) in [7, 11) is -3.26. The number of carbonyl (C=O) groups is 1. The van der Waals surface area contributed by atoms with Crippen LogP contribution in [0.4, 0.5) is 0 Å². The largest absolute Gasteiger partial charge is 0.338 e. The molecule has 0 aliphatic carbocycles. The van der Waals surface area contributed by atoms with Crippen molar-refractivity contribution < 1.29 is 13.2 Å². The predicted octanol–water partition coefficient (Wildman–Crippen LogP) is 1.82. The van der Waals surface area contributed by atoms with E-state index in [0.29, 0.717) is 36.4 Å². The zero-order valence-corrected chi connectivity index (χ0v) is 18.1. The molecule has 0 atom stereocenters. The van der Waals surface area contributed by atoms with Crippen molar-refractivity contribution in [3.63, 3.8) is 0 Å². The molecular formula is C22H22N4O4S. The quantitative estimate of drug-likeness (QED) is 0.616. The average molecular weight is 439 g/mol. The van der Waals surface area contributed by atoms with Crippen molar-refractivity contribution in [2.75, 3.05) is 19.3 Å². The van der Waals surface area contributed by atoms with Crippen LogP contribution in [-0.2, 0) is 21.1 Å². The molecule has 0 spiro atoms. The summed E-state index contributed by atoms with van der Waals surface area (Å²) in [5.74, 6) is 0.535. The van der Waals surface area contributed by atoms with Gasteiger partial charge in [-0.1, -0.05) is 12.1 Å². The smallest absolute Gasteiger partial charge is 0.282 e. The van der Waals surface area contributed by atoms with Gasteiger partial charge in [0.1, 0.15) is 5.82 Å². The summed E-state index contributed by atoms with van der Waals surface area (Å²) < 4.78 is 25.0. The molecule has 0 bridgehead atoms. The minimum absolute atomic E-state index is 0.0276. The number of hydrogen-bond acceptors (Lipinski definition) is 6. The summed E-state index contributed by atoms with van der Waals surface area (Å²) >= 11 is 0. The first-order chi connectivity index (χ1) is 14.7. The zero-order valence-electron chi connectivity index (χ0n) is 17.3. The van der Waals surface area contributed by atoms with E-state index in [1.807, 2.05) is 10.6 Å². The Balaban J connectivity index is 1.52. The van der Waals surface area contributed by atoms with Gasteiger partial charge in [0.05, 0.1) is 16.7 Å². The molecule has 8 nitrogen and oxygen atoms in total. The van der Waals surface area contributed by atoms with Crippen LogP contribution in [0.15, 0.2) is 58.4 Å². The minimum atomic E-state index is -3.26. The molecule has 1 aromatic carbocycles. The van der Waals surface area contributed by atoms with Crippen molar-refractivity contribution in [2.24, 2.45) is 0 Å². The molecule has 1 aliphatic heterocycles. The monoisotopic (exact) mass is 438 g/mol. The van der Waals surface area contributed by atoms with Crippen LogP contribution in [0.5, 0.6) is 0 Å². The van der Waals surface area contributed by atoms with Gasteiger partial charge in [0.15, 0.2) is 15.5 Å². The molecule has 0 unspecified atom stereocenters. The van der Waals surface area contributed by atoms with E-state index >= 15 is 0 Å². The van der Waals surface area contributed by atoms with Gasteiger partial charge in [0.25, 0.3) is 5.56 Å². The second kappa shape index (κ2) is 8.07. The van der Waals surface area contributed by atoms with E-state index in [0.717, 1.165) is 17.5 Å². The van der Waals surface area contributed by atoms with Crippen LogP contribution in [0.25, 0.3) is 16.7 Å². The zero-order chi connectivity index (χ0) is 22.2. The molecule has 160 valence electrons. The van der Waals surface area contributed by atoms with Gasteiger partial charge in [-0.25, -0.2) is 13.4 Å². The summed E-state index contributed by atoms with van der Waals surface area (Å²) in [5, 5.41) is 0.463. The van der Waals surface area contributed by atoms with Gasteiger partial charge in [-0.05, 0) is 42.8 Å². The Labute approximate surface area is 179 Å². The van der Waals surface area contributed by atoms with Crippen LogP contribution in [0.1, 0.15) is 17.8 Å². The highest BCUT2D eigenvalue weighted by Crippen LogP contribution is 2.22. The van der Waals surface area contributed by atoms with Gasteiger partial charge in [0, 0.05) is 37.7 Å². The molecule has 0 N–H and O–H groups in total. The fraction of sp³-hybridized carbons (Fsp3) is 0.273. The molecule has 0 saturated carbocycles. The fourth-order valence-corrected chi connectivity index (χ4v) is 4.36. The Morgan fingerprint density at radius 3 is 2.55 bits per heavy atom. The van der Waals surface area contributed by atoms with Gasteiger partial charge < -0.3 is 4.90 Å². The van der Waals surface area contributed by atoms with Gasteiger partial charge in [-0.2, -0.15) is 4.98 Å². The van der Waals surface area contributed by atoms with E-state index in [9.17, 15) is 18.0 Å². The number of aryl methyl sites for hydroxylation is 1. The molecule has 4 rings (SSSR count). The third kappa shape index (κ3) is 4.27. The fourth-order valence-electron chi connectivity index (χ4n) is 3.73. The molecule has 31 heavy (non-hydrogen) atoms. The summed E-state index contributed by atoms with van der Waals surface area (Å²) in [6.07, 6.45) is 5.57. The first kappa shape index (κ1) is 20.9. The second-order valence-corrected chi connectivity index (χ2v) is 9.57. The molecule has 9 heteroatoms. The maximum Gasteiger partial charge on any atom is 0.282 e. The Bertz CT molecular complexity index is 1360. The normalized spacial score (nSPS) is 14.5. The summed E-state index contributed by atoms with van der Waals surface area (Å²) in [4.78, 5) is 35.4. The third-order valence-corrected chi connectivity index (χ3v) is 6.48. The number of pyridine rings is 1. The lowest BCUT2D eigenvalue weighted by atomic mass is 10.1. The number of amides is 1. The third-order valence-electron chi connectivity index (χ3n) is 5.35. The molecule has 3 heterocycles. The van der Waals surface area contributed by atoms with Crippen LogP contribution in [-0.4, -0.2) is 53.1 Å². The SMILES string of the molecule is Cc1nc(=O)c2cccnc2n1C1=CCN(C(=O)Cc2ccc(S(C)(=O)=O)cc2)CC1. The molecule has 0 fully saturated rings. The highest BCUT2D eigenvalue weighted by Gasteiger charge is 2.21. The molecule has 1 amide bonds. The molecule has 1 aliphatic rings. The maximum atomic E-state index is 12.7. The van der Waals surface area contributed by atoms with Crippen molar-refractivity contribution in [3.8, 4) is 0 Å². The van der Waals surface area contributed by atoms with E-state index in [1.54, 1.807) is 42.3 Å². The van der Waals surface area contributed by atoms with Crippen molar-refractivity contribution in [3.05, 3.63) is 70.4 Å². The number of sulfone groups is 1. The van der Waals surface area contributed by atoms with E-state index in [4.69, 9.17) is 0 Å². The lowest BCUT2D eigenvalue weighted by Gasteiger charge is -2.28. The Morgan fingerprint density at radius 1 is 1.16 bits per heavy atom. The van der Waals surface area contributed by atoms with Crippen molar-refractivity contribution in [2.45, 2.75) is 24.7 Å². The Kier molecular flexibility index (Phi) is 5.45. The summed E-state index contributed by atoms with van der Waals surface area (Å²) in [6.45, 7) is 2.75. The number of carbonyl (C=O) groups excluding carboxylic acids is 1. The van der Waals surface area contributed by atoms with Gasteiger partial charge in [-0.3, -0.25) is 14.2 Å². The lowest BCUT2D eigenvalue weighted by molar-refractivity contribution is -0.130. The minimum Gasteiger partial charge on any atom is -0.338 e. The first-order valence-corrected chi connectivity index (χ1v) is 11.7. The maximum absolute atomic E-state index is 12.7. The number of fused-ring (bicyclic) bond motifs is 1. The van der Waals surface area contributed by atoms with E-state index in [-0.39, 0.29) is 22.8 Å². The number of aromatic nitrogens is 3. The number of rotatable bonds is 4. The number of nitrogens with zero attached hydrogens (tertiary/aromatic N) is 4. The highest BCUT2D eigenvalue weighted by molar-refractivity contribution is 7.90. The average Bonchev–Trinajstić information content (AvgIpc) is 2.74. The second-order valence-electron chi connectivity index (χ2n) is 7.55.